The zero-order chi connectivity index (χ0) is 13.4. The fourth-order valence-corrected chi connectivity index (χ4v) is 3.54. The molecule has 0 radical (unpaired) electrons. The van der Waals surface area contributed by atoms with Gasteiger partial charge in [-0.05, 0) is 19.3 Å². The number of hydrogen-bond donors (Lipinski definition) is 1. The van der Waals surface area contributed by atoms with Crippen LogP contribution in [0.3, 0.4) is 0 Å². The summed E-state index contributed by atoms with van der Waals surface area (Å²) < 4.78 is 10.6. The monoisotopic (exact) mass is 270 g/mol. The highest BCUT2D eigenvalue weighted by atomic mass is 16.5. The molecular weight excluding hydrogens is 240 g/mol. The van der Waals surface area contributed by atoms with Crippen LogP contribution >= 0.6 is 0 Å². The Labute approximate surface area is 117 Å². The minimum absolute atomic E-state index is 0.461. The Kier molecular flexibility index (Phi) is 6.57. The molecule has 0 aromatic heterocycles. The van der Waals surface area contributed by atoms with Crippen molar-refractivity contribution in [3.05, 3.63) is 0 Å². The van der Waals surface area contributed by atoms with Gasteiger partial charge in [0.05, 0.1) is 13.2 Å². The van der Waals surface area contributed by atoms with Crippen molar-refractivity contribution >= 4 is 0 Å². The number of nitrogens with zero attached hydrogens (tertiary/aromatic N) is 1. The van der Waals surface area contributed by atoms with Gasteiger partial charge in [0.2, 0.25) is 0 Å². The van der Waals surface area contributed by atoms with Crippen molar-refractivity contribution < 1.29 is 9.47 Å². The first-order valence-corrected chi connectivity index (χ1v) is 7.90. The second kappa shape index (κ2) is 8.20. The molecule has 4 nitrogen and oxygen atoms in total. The maximum absolute atomic E-state index is 5.57. The lowest BCUT2D eigenvalue weighted by Crippen LogP contribution is -2.62. The fourth-order valence-electron chi connectivity index (χ4n) is 3.54. The van der Waals surface area contributed by atoms with Crippen LogP contribution in [0.4, 0.5) is 0 Å². The van der Waals surface area contributed by atoms with E-state index in [0.29, 0.717) is 12.1 Å². The Hall–Kier alpha value is -0.160. The molecule has 1 N–H and O–H groups in total. The molecule has 112 valence electrons. The Morgan fingerprint density at radius 1 is 1.11 bits per heavy atom. The lowest BCUT2D eigenvalue weighted by Gasteiger charge is -2.50. The van der Waals surface area contributed by atoms with E-state index in [0.717, 1.165) is 26.2 Å². The molecule has 1 spiro atoms. The van der Waals surface area contributed by atoms with E-state index >= 15 is 0 Å². The van der Waals surface area contributed by atoms with Crippen LogP contribution < -0.4 is 5.32 Å². The van der Waals surface area contributed by atoms with Gasteiger partial charge in [-0.3, -0.25) is 4.90 Å². The molecule has 1 aliphatic carbocycles. The van der Waals surface area contributed by atoms with Crippen molar-refractivity contribution in [2.45, 2.75) is 44.1 Å². The summed E-state index contributed by atoms with van der Waals surface area (Å²) in [4.78, 5) is 2.74. The predicted molar refractivity (Wildman–Crippen MR) is 77.6 cm³/mol. The van der Waals surface area contributed by atoms with E-state index in [2.05, 4.69) is 10.2 Å². The molecule has 4 heteroatoms. The van der Waals surface area contributed by atoms with Gasteiger partial charge < -0.3 is 14.8 Å². The van der Waals surface area contributed by atoms with Crippen LogP contribution in [-0.2, 0) is 9.47 Å². The van der Waals surface area contributed by atoms with E-state index in [-0.39, 0.29) is 0 Å². The molecule has 0 atom stereocenters. The number of piperazine rings is 1. The third-order valence-electron chi connectivity index (χ3n) is 4.62. The van der Waals surface area contributed by atoms with E-state index in [1.807, 2.05) is 0 Å². The first-order chi connectivity index (χ1) is 9.37. The zero-order valence-electron chi connectivity index (χ0n) is 12.5. The molecule has 2 fully saturated rings. The molecule has 19 heavy (non-hydrogen) atoms. The van der Waals surface area contributed by atoms with E-state index in [9.17, 15) is 0 Å². The van der Waals surface area contributed by atoms with Gasteiger partial charge in [-0.15, -0.1) is 0 Å². The molecule has 1 saturated carbocycles. The molecule has 1 heterocycles. The van der Waals surface area contributed by atoms with Gasteiger partial charge in [-0.1, -0.05) is 19.3 Å². The second-order valence-corrected chi connectivity index (χ2v) is 5.91. The molecule has 0 amide bonds. The van der Waals surface area contributed by atoms with Gasteiger partial charge >= 0.3 is 0 Å². The lowest BCUT2D eigenvalue weighted by molar-refractivity contribution is 0.0146. The SMILES string of the molecule is COCCOCCCN1CCNCC12CCCCC2. The minimum atomic E-state index is 0.461. The number of hydrogen-bond acceptors (Lipinski definition) is 4. The summed E-state index contributed by atoms with van der Waals surface area (Å²) >= 11 is 0. The number of rotatable bonds is 7. The van der Waals surface area contributed by atoms with Gasteiger partial charge in [-0.2, -0.15) is 0 Å². The van der Waals surface area contributed by atoms with E-state index in [4.69, 9.17) is 9.47 Å². The number of ether oxygens (including phenoxy) is 2. The minimum Gasteiger partial charge on any atom is -0.382 e. The average Bonchev–Trinajstić information content (AvgIpc) is 2.45. The number of nitrogens with one attached hydrogen (secondary N) is 1. The third kappa shape index (κ3) is 4.42. The van der Waals surface area contributed by atoms with Crippen LogP contribution in [0.5, 0.6) is 0 Å². The van der Waals surface area contributed by atoms with Crippen molar-refractivity contribution in [3.8, 4) is 0 Å². The average molecular weight is 270 g/mol. The van der Waals surface area contributed by atoms with Crippen LogP contribution in [0, 0.1) is 0 Å². The Balaban J connectivity index is 1.70. The lowest BCUT2D eigenvalue weighted by atomic mass is 9.79. The number of methoxy groups -OCH3 is 1. The highest BCUT2D eigenvalue weighted by Crippen LogP contribution is 2.34. The molecule has 0 aromatic rings. The quantitative estimate of drug-likeness (QED) is 0.713. The Morgan fingerprint density at radius 3 is 2.74 bits per heavy atom. The molecule has 1 saturated heterocycles. The van der Waals surface area contributed by atoms with E-state index in [1.54, 1.807) is 7.11 Å². The highest BCUT2D eigenvalue weighted by Gasteiger charge is 2.38. The maximum Gasteiger partial charge on any atom is 0.0700 e. The van der Waals surface area contributed by atoms with Gasteiger partial charge in [0, 0.05) is 45.4 Å². The Bertz CT molecular complexity index is 234. The topological polar surface area (TPSA) is 33.7 Å². The molecule has 2 aliphatic rings. The van der Waals surface area contributed by atoms with Gasteiger partial charge in [0.25, 0.3) is 0 Å². The normalized spacial score (nSPS) is 23.8. The molecule has 1 aliphatic heterocycles. The predicted octanol–water partition coefficient (Wildman–Crippen LogP) is 1.65. The van der Waals surface area contributed by atoms with Gasteiger partial charge in [0.1, 0.15) is 0 Å². The van der Waals surface area contributed by atoms with Crippen LogP contribution in [0.2, 0.25) is 0 Å². The van der Waals surface area contributed by atoms with E-state index < -0.39 is 0 Å². The van der Waals surface area contributed by atoms with Crippen LogP contribution in [0.25, 0.3) is 0 Å². The summed E-state index contributed by atoms with van der Waals surface area (Å²) in [5, 5.41) is 3.60. The third-order valence-corrected chi connectivity index (χ3v) is 4.62. The van der Waals surface area contributed by atoms with Crippen molar-refractivity contribution in [1.82, 2.24) is 10.2 Å². The molecule has 0 unspecified atom stereocenters. The molecule has 0 aromatic carbocycles. The van der Waals surface area contributed by atoms with Crippen LogP contribution in [0.15, 0.2) is 0 Å². The first kappa shape index (κ1) is 15.2. The van der Waals surface area contributed by atoms with Crippen LogP contribution in [-0.4, -0.2) is 63.5 Å². The summed E-state index contributed by atoms with van der Waals surface area (Å²) in [6.07, 6.45) is 8.14. The van der Waals surface area contributed by atoms with Crippen molar-refractivity contribution in [2.75, 3.05) is 53.1 Å². The van der Waals surface area contributed by atoms with Gasteiger partial charge in [-0.25, -0.2) is 0 Å². The summed E-state index contributed by atoms with van der Waals surface area (Å²) in [5.41, 5.74) is 0.461. The molecule has 0 bridgehead atoms. The fraction of sp³-hybridized carbons (Fsp3) is 1.00. The summed E-state index contributed by atoms with van der Waals surface area (Å²) in [6, 6.07) is 0. The maximum atomic E-state index is 5.57. The van der Waals surface area contributed by atoms with Crippen molar-refractivity contribution in [2.24, 2.45) is 0 Å². The summed E-state index contributed by atoms with van der Waals surface area (Å²) in [6.45, 7) is 7.03. The van der Waals surface area contributed by atoms with Gasteiger partial charge in [0.15, 0.2) is 0 Å². The van der Waals surface area contributed by atoms with Crippen molar-refractivity contribution in [3.63, 3.8) is 0 Å². The molecule has 2 rings (SSSR count). The summed E-state index contributed by atoms with van der Waals surface area (Å²) in [7, 11) is 1.72. The smallest absolute Gasteiger partial charge is 0.0700 e. The highest BCUT2D eigenvalue weighted by molar-refractivity contribution is 4.97. The first-order valence-electron chi connectivity index (χ1n) is 7.90. The van der Waals surface area contributed by atoms with Crippen molar-refractivity contribution in [1.29, 1.82) is 0 Å². The Morgan fingerprint density at radius 2 is 1.95 bits per heavy atom. The van der Waals surface area contributed by atoms with Crippen LogP contribution in [0.1, 0.15) is 38.5 Å². The molecular formula is C15H30N2O2. The second-order valence-electron chi connectivity index (χ2n) is 5.91. The largest absolute Gasteiger partial charge is 0.382 e. The van der Waals surface area contributed by atoms with E-state index in [1.165, 1.54) is 51.7 Å². The zero-order valence-corrected chi connectivity index (χ0v) is 12.5. The standard InChI is InChI=1S/C15H30N2O2/c1-18-12-13-19-11-5-9-17-10-8-16-14-15(17)6-3-2-4-7-15/h16H,2-14H2,1H3. The summed E-state index contributed by atoms with van der Waals surface area (Å²) in [5.74, 6) is 0.